The monoisotopic (exact) mass is 244 g/mol. The normalized spacial score (nSPS) is 20.7. The van der Waals surface area contributed by atoms with Crippen LogP contribution in [0.3, 0.4) is 0 Å². The van der Waals surface area contributed by atoms with Crippen LogP contribution >= 0.6 is 23.5 Å². The highest BCUT2D eigenvalue weighted by Crippen LogP contribution is 2.38. The Labute approximate surface area is 99.3 Å². The lowest BCUT2D eigenvalue weighted by atomic mass is 9.74. The molecule has 0 heterocycles. The Kier molecular flexibility index (Phi) is 4.06. The average molecular weight is 244 g/mol. The zero-order chi connectivity index (χ0) is 11.6. The van der Waals surface area contributed by atoms with Crippen molar-refractivity contribution in [2.24, 2.45) is 5.41 Å². The Morgan fingerprint density at radius 3 is 1.80 bits per heavy atom. The second-order valence-corrected chi connectivity index (χ2v) is 6.33. The molecule has 0 amide bonds. The van der Waals surface area contributed by atoms with Crippen LogP contribution in [0, 0.1) is 5.41 Å². The van der Waals surface area contributed by atoms with E-state index in [2.05, 4.69) is 0 Å². The first-order chi connectivity index (χ1) is 6.91. The molecule has 0 atom stereocenters. The van der Waals surface area contributed by atoms with Crippen molar-refractivity contribution < 1.29 is 9.59 Å². The van der Waals surface area contributed by atoms with Gasteiger partial charge in [0.1, 0.15) is 0 Å². The third kappa shape index (κ3) is 2.88. The fourth-order valence-corrected chi connectivity index (χ4v) is 3.31. The van der Waals surface area contributed by atoms with Gasteiger partial charge in [-0.25, -0.2) is 0 Å². The van der Waals surface area contributed by atoms with Gasteiger partial charge in [-0.1, -0.05) is 13.8 Å². The number of rotatable bonds is 2. The number of allylic oxidation sites excluding steroid dienone is 1. The smallest absolute Gasteiger partial charge is 0.168 e. The van der Waals surface area contributed by atoms with Gasteiger partial charge in [-0.05, 0) is 17.9 Å². The summed E-state index contributed by atoms with van der Waals surface area (Å²) in [6.07, 6.45) is 4.77. The van der Waals surface area contributed by atoms with Crippen molar-refractivity contribution in [1.29, 1.82) is 0 Å². The average Bonchev–Trinajstić information content (AvgIpc) is 2.09. The predicted octanol–water partition coefficient (Wildman–Crippen LogP) is 2.88. The molecule has 0 spiro atoms. The van der Waals surface area contributed by atoms with Crippen LogP contribution in [0.4, 0.5) is 0 Å². The molecule has 0 saturated heterocycles. The van der Waals surface area contributed by atoms with Crippen LogP contribution in [-0.2, 0) is 9.59 Å². The summed E-state index contributed by atoms with van der Waals surface area (Å²) in [7, 11) is 0. The molecule has 1 fully saturated rings. The van der Waals surface area contributed by atoms with E-state index in [0.717, 1.165) is 4.24 Å². The Hall–Kier alpha value is -0.220. The summed E-state index contributed by atoms with van der Waals surface area (Å²) in [5, 5.41) is 0. The van der Waals surface area contributed by atoms with Gasteiger partial charge in [0, 0.05) is 12.8 Å². The summed E-state index contributed by atoms with van der Waals surface area (Å²) in [6.45, 7) is 3.94. The lowest BCUT2D eigenvalue weighted by Crippen LogP contribution is -2.31. The molecule has 0 aromatic carbocycles. The van der Waals surface area contributed by atoms with E-state index in [1.165, 1.54) is 23.5 Å². The molecule has 1 aliphatic carbocycles. The van der Waals surface area contributed by atoms with Crippen molar-refractivity contribution in [3.8, 4) is 0 Å². The minimum absolute atomic E-state index is 0.00921. The molecule has 0 unspecified atom stereocenters. The van der Waals surface area contributed by atoms with Gasteiger partial charge in [0.15, 0.2) is 11.6 Å². The van der Waals surface area contributed by atoms with Gasteiger partial charge in [-0.2, -0.15) is 0 Å². The molecule has 0 radical (unpaired) electrons. The predicted molar refractivity (Wildman–Crippen MR) is 67.1 cm³/mol. The van der Waals surface area contributed by atoms with Gasteiger partial charge >= 0.3 is 0 Å². The van der Waals surface area contributed by atoms with Crippen LogP contribution in [0.15, 0.2) is 9.81 Å². The molecule has 1 saturated carbocycles. The molecule has 15 heavy (non-hydrogen) atoms. The largest absolute Gasteiger partial charge is 0.294 e. The first-order valence-electron chi connectivity index (χ1n) is 4.80. The number of thioether (sulfide) groups is 2. The summed E-state index contributed by atoms with van der Waals surface area (Å²) in [6, 6.07) is 0. The minimum Gasteiger partial charge on any atom is -0.294 e. The Balaban J connectivity index is 3.08. The third-order valence-electron chi connectivity index (χ3n) is 2.41. The molecule has 1 rings (SSSR count). The van der Waals surface area contributed by atoms with E-state index >= 15 is 0 Å². The van der Waals surface area contributed by atoms with Gasteiger partial charge in [0.2, 0.25) is 0 Å². The molecule has 0 bridgehead atoms. The number of carbonyl (C=O) groups is 2. The summed E-state index contributed by atoms with van der Waals surface area (Å²) in [4.78, 5) is 23.7. The fourth-order valence-electron chi connectivity index (χ4n) is 1.78. The molecule has 4 heteroatoms. The number of carbonyl (C=O) groups excluding carboxylic acids is 2. The Morgan fingerprint density at radius 1 is 1.07 bits per heavy atom. The van der Waals surface area contributed by atoms with Gasteiger partial charge in [0.05, 0.1) is 9.81 Å². The molecule has 1 aliphatic rings. The second-order valence-electron chi connectivity index (χ2n) is 4.43. The maximum absolute atomic E-state index is 11.9. The Bertz CT molecular complexity index is 301. The van der Waals surface area contributed by atoms with E-state index in [1.807, 2.05) is 26.4 Å². The van der Waals surface area contributed by atoms with E-state index in [4.69, 9.17) is 0 Å². The zero-order valence-electron chi connectivity index (χ0n) is 9.55. The van der Waals surface area contributed by atoms with Crippen molar-refractivity contribution in [2.45, 2.75) is 26.7 Å². The first-order valence-corrected chi connectivity index (χ1v) is 7.25. The van der Waals surface area contributed by atoms with Crippen LogP contribution in [0.1, 0.15) is 26.7 Å². The molecule has 0 aromatic heterocycles. The quantitative estimate of drug-likeness (QED) is 0.552. The fraction of sp³-hybridized carbons (Fsp3) is 0.636. The number of Topliss-reactive ketones (excluding diaryl/α,β-unsaturated/α-hetero) is 2. The lowest BCUT2D eigenvalue weighted by Gasteiger charge is -2.29. The highest BCUT2D eigenvalue weighted by molar-refractivity contribution is 8.21. The highest BCUT2D eigenvalue weighted by Gasteiger charge is 2.37. The summed E-state index contributed by atoms with van der Waals surface area (Å²) < 4.78 is 0.862. The van der Waals surface area contributed by atoms with Crippen LogP contribution < -0.4 is 0 Å². The van der Waals surface area contributed by atoms with Gasteiger partial charge in [-0.15, -0.1) is 23.5 Å². The lowest BCUT2D eigenvalue weighted by molar-refractivity contribution is -0.127. The molecule has 0 aromatic rings. The molecule has 0 aliphatic heterocycles. The topological polar surface area (TPSA) is 34.1 Å². The molecular formula is C11H16O2S2. The number of hydrogen-bond donors (Lipinski definition) is 0. The van der Waals surface area contributed by atoms with E-state index in [1.54, 1.807) is 0 Å². The highest BCUT2D eigenvalue weighted by atomic mass is 32.2. The summed E-state index contributed by atoms with van der Waals surface area (Å²) in [5.74, 6) is 0.0184. The van der Waals surface area contributed by atoms with Crippen molar-refractivity contribution in [3.63, 3.8) is 0 Å². The van der Waals surface area contributed by atoms with Crippen LogP contribution in [-0.4, -0.2) is 24.1 Å². The van der Waals surface area contributed by atoms with Crippen molar-refractivity contribution in [3.05, 3.63) is 9.81 Å². The second kappa shape index (κ2) is 4.74. The SMILES string of the molecule is CSC(SC)=C1C(=O)CC(C)(C)CC1=O. The molecule has 84 valence electrons. The van der Waals surface area contributed by atoms with Gasteiger partial charge < -0.3 is 0 Å². The van der Waals surface area contributed by atoms with E-state index in [-0.39, 0.29) is 17.0 Å². The van der Waals surface area contributed by atoms with Crippen molar-refractivity contribution >= 4 is 35.1 Å². The van der Waals surface area contributed by atoms with Crippen molar-refractivity contribution in [2.75, 3.05) is 12.5 Å². The van der Waals surface area contributed by atoms with Gasteiger partial charge in [0.25, 0.3) is 0 Å². The standard InChI is InChI=1S/C11H16O2S2/c1-11(2)5-7(12)9(8(13)6-11)10(14-3)15-4/h5-6H2,1-4H3. The van der Waals surface area contributed by atoms with Crippen LogP contribution in [0.25, 0.3) is 0 Å². The van der Waals surface area contributed by atoms with Crippen LogP contribution in [0.5, 0.6) is 0 Å². The minimum atomic E-state index is -0.167. The molecule has 2 nitrogen and oxygen atoms in total. The third-order valence-corrected chi connectivity index (χ3v) is 4.56. The number of hydrogen-bond acceptors (Lipinski definition) is 4. The van der Waals surface area contributed by atoms with Gasteiger partial charge in [-0.3, -0.25) is 9.59 Å². The maximum Gasteiger partial charge on any atom is 0.168 e. The van der Waals surface area contributed by atoms with E-state index < -0.39 is 0 Å². The first kappa shape index (κ1) is 12.8. The molecular weight excluding hydrogens is 228 g/mol. The summed E-state index contributed by atoms with van der Waals surface area (Å²) in [5.41, 5.74) is 0.272. The Morgan fingerprint density at radius 2 is 1.47 bits per heavy atom. The summed E-state index contributed by atoms with van der Waals surface area (Å²) >= 11 is 2.97. The molecule has 0 N–H and O–H groups in total. The zero-order valence-corrected chi connectivity index (χ0v) is 11.2. The van der Waals surface area contributed by atoms with Crippen LogP contribution in [0.2, 0.25) is 0 Å². The van der Waals surface area contributed by atoms with Crippen molar-refractivity contribution in [1.82, 2.24) is 0 Å². The van der Waals surface area contributed by atoms with E-state index in [9.17, 15) is 9.59 Å². The number of ketones is 2. The van der Waals surface area contributed by atoms with E-state index in [0.29, 0.717) is 18.4 Å². The maximum atomic E-state index is 11.9.